The summed E-state index contributed by atoms with van der Waals surface area (Å²) in [5.41, 5.74) is -0.00997. The molecule has 0 unspecified atom stereocenters. The molecule has 1 aromatic heterocycles. The van der Waals surface area contributed by atoms with Crippen molar-refractivity contribution in [1.29, 1.82) is 0 Å². The highest BCUT2D eigenvalue weighted by Crippen LogP contribution is 2.26. The van der Waals surface area contributed by atoms with Crippen LogP contribution in [0, 0.1) is 0 Å². The second kappa shape index (κ2) is 6.11. The first-order valence-electron chi connectivity index (χ1n) is 6.37. The molecule has 1 N–H and O–H groups in total. The average Bonchev–Trinajstić information content (AvgIpc) is 2.88. The van der Waals surface area contributed by atoms with Crippen LogP contribution in [-0.4, -0.2) is 32.7 Å². The van der Waals surface area contributed by atoms with Crippen molar-refractivity contribution >= 4 is 17.6 Å². The maximum absolute atomic E-state index is 12.8. The number of halogens is 3. The largest absolute Gasteiger partial charge is 0.478 e. The third kappa shape index (κ3) is 3.68. The standard InChI is InChI=1S/C14H12F3N3O3/c1-19-8-18-6-11(19)7-20(13(23)14(15,16)17)10-4-2-3-9(5-10)12(21)22/h2-6,8H,7H2,1H3,(H,21,22). The van der Waals surface area contributed by atoms with Crippen LogP contribution in [0.25, 0.3) is 0 Å². The van der Waals surface area contributed by atoms with Gasteiger partial charge in [0.25, 0.3) is 0 Å². The number of aromatic nitrogens is 2. The van der Waals surface area contributed by atoms with Crippen molar-refractivity contribution in [2.45, 2.75) is 12.7 Å². The topological polar surface area (TPSA) is 75.4 Å². The lowest BCUT2D eigenvalue weighted by Gasteiger charge is -2.24. The number of amides is 1. The van der Waals surface area contributed by atoms with Gasteiger partial charge in [0.05, 0.1) is 24.1 Å². The van der Waals surface area contributed by atoms with Crippen LogP contribution < -0.4 is 4.90 Å². The van der Waals surface area contributed by atoms with Gasteiger partial charge in [-0.2, -0.15) is 13.2 Å². The number of carboxylic acids is 1. The molecule has 0 aliphatic heterocycles. The molecule has 122 valence electrons. The monoisotopic (exact) mass is 327 g/mol. The molecule has 6 nitrogen and oxygen atoms in total. The molecular weight excluding hydrogens is 315 g/mol. The summed E-state index contributed by atoms with van der Waals surface area (Å²) in [6.07, 6.45) is -2.37. The smallest absolute Gasteiger partial charge is 0.471 e. The van der Waals surface area contributed by atoms with E-state index in [4.69, 9.17) is 5.11 Å². The first-order chi connectivity index (χ1) is 10.7. The molecule has 0 radical (unpaired) electrons. The lowest BCUT2D eigenvalue weighted by Crippen LogP contribution is -2.41. The van der Waals surface area contributed by atoms with Crippen LogP contribution in [0.2, 0.25) is 0 Å². The van der Waals surface area contributed by atoms with E-state index in [0.29, 0.717) is 10.6 Å². The average molecular weight is 327 g/mol. The van der Waals surface area contributed by atoms with E-state index >= 15 is 0 Å². The van der Waals surface area contributed by atoms with Crippen LogP contribution in [0.5, 0.6) is 0 Å². The van der Waals surface area contributed by atoms with E-state index in [1.54, 1.807) is 7.05 Å². The number of aryl methyl sites for hydroxylation is 1. The molecule has 2 aromatic rings. The molecule has 9 heteroatoms. The molecule has 1 heterocycles. The van der Waals surface area contributed by atoms with Crippen LogP contribution in [0.4, 0.5) is 18.9 Å². The van der Waals surface area contributed by atoms with Crippen LogP contribution in [0.15, 0.2) is 36.8 Å². The number of anilines is 1. The van der Waals surface area contributed by atoms with Crippen molar-refractivity contribution in [3.63, 3.8) is 0 Å². The Morgan fingerprint density at radius 2 is 2.04 bits per heavy atom. The van der Waals surface area contributed by atoms with Gasteiger partial charge < -0.3 is 9.67 Å². The van der Waals surface area contributed by atoms with Gasteiger partial charge in [0.15, 0.2) is 0 Å². The van der Waals surface area contributed by atoms with E-state index in [-0.39, 0.29) is 11.3 Å². The quantitative estimate of drug-likeness (QED) is 0.934. The molecule has 0 bridgehead atoms. The summed E-state index contributed by atoms with van der Waals surface area (Å²) in [7, 11) is 1.58. The van der Waals surface area contributed by atoms with Gasteiger partial charge in [0.2, 0.25) is 0 Å². The zero-order chi connectivity index (χ0) is 17.2. The Kier molecular flexibility index (Phi) is 4.39. The maximum atomic E-state index is 12.8. The first-order valence-corrected chi connectivity index (χ1v) is 6.37. The minimum atomic E-state index is -5.09. The molecular formula is C14H12F3N3O3. The minimum absolute atomic E-state index is 0.159. The van der Waals surface area contributed by atoms with E-state index < -0.39 is 24.6 Å². The zero-order valence-corrected chi connectivity index (χ0v) is 11.9. The fourth-order valence-corrected chi connectivity index (χ4v) is 1.94. The number of aromatic carboxylic acids is 1. The van der Waals surface area contributed by atoms with Gasteiger partial charge >= 0.3 is 18.1 Å². The number of carbonyl (C=O) groups excluding carboxylic acids is 1. The second-order valence-corrected chi connectivity index (χ2v) is 4.74. The lowest BCUT2D eigenvalue weighted by molar-refractivity contribution is -0.170. The molecule has 2 rings (SSSR count). The number of rotatable bonds is 4. The summed E-state index contributed by atoms with van der Waals surface area (Å²) in [4.78, 5) is 26.9. The van der Waals surface area contributed by atoms with E-state index in [1.807, 2.05) is 0 Å². The zero-order valence-electron chi connectivity index (χ0n) is 11.9. The Morgan fingerprint density at radius 1 is 1.35 bits per heavy atom. The van der Waals surface area contributed by atoms with Gasteiger partial charge in [0.1, 0.15) is 0 Å². The predicted octanol–water partition coefficient (Wildman–Crippen LogP) is 2.21. The lowest BCUT2D eigenvalue weighted by atomic mass is 10.2. The third-order valence-corrected chi connectivity index (χ3v) is 3.13. The predicted molar refractivity (Wildman–Crippen MR) is 73.9 cm³/mol. The van der Waals surface area contributed by atoms with Crippen molar-refractivity contribution < 1.29 is 27.9 Å². The van der Waals surface area contributed by atoms with E-state index in [2.05, 4.69) is 4.98 Å². The highest BCUT2D eigenvalue weighted by atomic mass is 19.4. The van der Waals surface area contributed by atoms with Gasteiger partial charge in [-0.3, -0.25) is 9.69 Å². The van der Waals surface area contributed by atoms with Crippen LogP contribution in [0.3, 0.4) is 0 Å². The van der Waals surface area contributed by atoms with Gasteiger partial charge in [-0.25, -0.2) is 9.78 Å². The van der Waals surface area contributed by atoms with Gasteiger partial charge in [-0.1, -0.05) is 6.07 Å². The number of carboxylic acid groups (broad SMARTS) is 1. The number of carbonyl (C=O) groups is 2. The van der Waals surface area contributed by atoms with E-state index in [9.17, 15) is 22.8 Å². The highest BCUT2D eigenvalue weighted by molar-refractivity contribution is 5.98. The number of hydrogen-bond acceptors (Lipinski definition) is 3. The van der Waals surface area contributed by atoms with E-state index in [1.165, 1.54) is 35.3 Å². The summed E-state index contributed by atoms with van der Waals surface area (Å²) >= 11 is 0. The molecule has 0 saturated carbocycles. The molecule has 1 aromatic carbocycles. The molecule has 0 saturated heterocycles. The van der Waals surface area contributed by atoms with Gasteiger partial charge in [-0.05, 0) is 18.2 Å². The summed E-state index contributed by atoms with van der Waals surface area (Å²) in [6.45, 7) is -0.391. The number of hydrogen-bond donors (Lipinski definition) is 1. The fraction of sp³-hybridized carbons (Fsp3) is 0.214. The summed E-state index contributed by atoms with van der Waals surface area (Å²) in [5, 5.41) is 8.95. The minimum Gasteiger partial charge on any atom is -0.478 e. The summed E-state index contributed by atoms with van der Waals surface area (Å²) in [6, 6.07) is 4.76. The number of alkyl halides is 3. The molecule has 0 atom stereocenters. The van der Waals surface area contributed by atoms with Crippen LogP contribution >= 0.6 is 0 Å². The Balaban J connectivity index is 2.45. The first kappa shape index (κ1) is 16.5. The van der Waals surface area contributed by atoms with Gasteiger partial charge in [-0.15, -0.1) is 0 Å². The van der Waals surface area contributed by atoms with E-state index in [0.717, 1.165) is 6.07 Å². The third-order valence-electron chi connectivity index (χ3n) is 3.13. The molecule has 1 amide bonds. The Bertz CT molecular complexity index is 740. The van der Waals surface area contributed by atoms with Crippen molar-refractivity contribution in [3.05, 3.63) is 48.0 Å². The Hall–Kier alpha value is -2.84. The molecule has 0 aliphatic rings. The fourth-order valence-electron chi connectivity index (χ4n) is 1.94. The van der Waals surface area contributed by atoms with Gasteiger partial charge in [0, 0.05) is 18.9 Å². The summed E-state index contributed by atoms with van der Waals surface area (Å²) < 4.78 is 40.0. The number of benzene rings is 1. The second-order valence-electron chi connectivity index (χ2n) is 4.74. The molecule has 23 heavy (non-hydrogen) atoms. The molecule has 0 aliphatic carbocycles. The Labute approximate surface area is 128 Å². The highest BCUT2D eigenvalue weighted by Gasteiger charge is 2.43. The number of nitrogens with zero attached hydrogens (tertiary/aromatic N) is 3. The number of imidazole rings is 1. The molecule has 0 spiro atoms. The van der Waals surface area contributed by atoms with Crippen molar-refractivity contribution in [2.75, 3.05) is 4.90 Å². The van der Waals surface area contributed by atoms with Crippen LogP contribution in [0.1, 0.15) is 16.1 Å². The summed E-state index contributed by atoms with van der Waals surface area (Å²) in [5.74, 6) is -3.38. The van der Waals surface area contributed by atoms with Crippen molar-refractivity contribution in [2.24, 2.45) is 7.05 Å². The molecule has 0 fully saturated rings. The maximum Gasteiger partial charge on any atom is 0.471 e. The van der Waals surface area contributed by atoms with Crippen molar-refractivity contribution in [3.8, 4) is 0 Å². The normalized spacial score (nSPS) is 11.3. The van der Waals surface area contributed by atoms with Crippen molar-refractivity contribution in [1.82, 2.24) is 9.55 Å². The van der Waals surface area contributed by atoms with Crippen LogP contribution in [-0.2, 0) is 18.4 Å². The Morgan fingerprint density at radius 3 is 2.57 bits per heavy atom. The SMILES string of the molecule is Cn1cncc1CN(C(=O)C(F)(F)F)c1cccc(C(=O)O)c1.